The molecule has 1 amide bonds. The second kappa shape index (κ2) is 9.69. The third-order valence-electron chi connectivity index (χ3n) is 6.43. The van der Waals surface area contributed by atoms with Gasteiger partial charge in [-0.25, -0.2) is 9.50 Å². The molecule has 1 saturated heterocycles. The number of rotatable bonds is 6. The molecule has 0 bridgehead atoms. The Balaban J connectivity index is 1.23. The summed E-state index contributed by atoms with van der Waals surface area (Å²) in [6, 6.07) is 8.34. The molecule has 1 aromatic carbocycles. The summed E-state index contributed by atoms with van der Waals surface area (Å²) in [7, 11) is 0. The Morgan fingerprint density at radius 1 is 1.23 bits per heavy atom. The van der Waals surface area contributed by atoms with E-state index in [1.165, 1.54) is 30.6 Å². The van der Waals surface area contributed by atoms with Crippen LogP contribution in [0.25, 0.3) is 27.0 Å². The number of halogens is 3. The zero-order valence-corrected chi connectivity index (χ0v) is 21.2. The fourth-order valence-electron chi connectivity index (χ4n) is 4.69. The molecule has 14 heteroatoms. The van der Waals surface area contributed by atoms with E-state index >= 15 is 0 Å². The number of piperidine rings is 1. The summed E-state index contributed by atoms with van der Waals surface area (Å²) in [5.74, 6) is -0.168. The standard InChI is InChI=1S/C25H22F3N9OS/c1-2-21(38)31-15-5-7-19-18(10-15)33-24(39-19)36-9-3-4-16(13-36)32-23-34-20-8-6-17(14-11-29-30-12-14)22(25(26,27)28)37(20)35-23/h2,5-8,10-12,16H,1,3-4,9,13H2,(H,29,30)(H,31,38)(H,32,35). The van der Waals surface area contributed by atoms with Gasteiger partial charge >= 0.3 is 6.18 Å². The molecule has 3 N–H and O–H groups in total. The Labute approximate surface area is 223 Å². The van der Waals surface area contributed by atoms with Crippen molar-refractivity contribution in [2.45, 2.75) is 25.1 Å². The molecule has 39 heavy (non-hydrogen) atoms. The second-order valence-electron chi connectivity index (χ2n) is 9.09. The van der Waals surface area contributed by atoms with E-state index < -0.39 is 11.9 Å². The lowest BCUT2D eigenvalue weighted by atomic mass is 10.1. The van der Waals surface area contributed by atoms with Crippen LogP contribution in [0.3, 0.4) is 0 Å². The number of nitrogens with one attached hydrogen (secondary N) is 3. The minimum Gasteiger partial charge on any atom is -0.348 e. The van der Waals surface area contributed by atoms with Crippen molar-refractivity contribution >= 4 is 49.9 Å². The minimum absolute atomic E-state index is 0.0351. The molecule has 10 nitrogen and oxygen atoms in total. The topological polar surface area (TPSA) is 116 Å². The summed E-state index contributed by atoms with van der Waals surface area (Å²) in [6.45, 7) is 4.84. The number of anilines is 3. The van der Waals surface area contributed by atoms with Gasteiger partial charge in [-0.15, -0.1) is 5.10 Å². The Bertz CT molecular complexity index is 1680. The summed E-state index contributed by atoms with van der Waals surface area (Å²) in [6.07, 6.45) is 0.964. The van der Waals surface area contributed by atoms with E-state index in [2.05, 4.69) is 42.4 Å². The van der Waals surface area contributed by atoms with Crippen LogP contribution in [-0.2, 0) is 11.0 Å². The van der Waals surface area contributed by atoms with Gasteiger partial charge in [0.25, 0.3) is 0 Å². The third kappa shape index (κ3) is 4.90. The first-order valence-electron chi connectivity index (χ1n) is 12.1. The highest BCUT2D eigenvalue weighted by Crippen LogP contribution is 2.37. The minimum atomic E-state index is -4.65. The number of hydrogen-bond donors (Lipinski definition) is 3. The quantitative estimate of drug-likeness (QED) is 0.255. The summed E-state index contributed by atoms with van der Waals surface area (Å²) in [4.78, 5) is 22.8. The molecular weight excluding hydrogens is 531 g/mol. The van der Waals surface area contributed by atoms with Gasteiger partial charge in [-0.2, -0.15) is 23.3 Å². The lowest BCUT2D eigenvalue weighted by Crippen LogP contribution is -2.42. The Kier molecular flexibility index (Phi) is 6.17. The zero-order chi connectivity index (χ0) is 27.1. The normalized spacial score (nSPS) is 16.1. The molecule has 0 radical (unpaired) electrons. The maximum absolute atomic E-state index is 14.1. The van der Waals surface area contributed by atoms with Crippen molar-refractivity contribution in [3.05, 3.63) is 61.1 Å². The van der Waals surface area contributed by atoms with E-state index in [-0.39, 0.29) is 29.1 Å². The number of amides is 1. The fourth-order valence-corrected chi connectivity index (χ4v) is 5.67. The molecule has 6 rings (SSSR count). The van der Waals surface area contributed by atoms with E-state index in [9.17, 15) is 18.0 Å². The van der Waals surface area contributed by atoms with Gasteiger partial charge < -0.3 is 15.5 Å². The highest BCUT2D eigenvalue weighted by molar-refractivity contribution is 7.22. The number of benzene rings is 1. The molecule has 1 aliphatic heterocycles. The van der Waals surface area contributed by atoms with Gasteiger partial charge in [0.2, 0.25) is 11.9 Å². The predicted octanol–water partition coefficient (Wildman–Crippen LogP) is 4.95. The van der Waals surface area contributed by atoms with Crippen molar-refractivity contribution < 1.29 is 18.0 Å². The van der Waals surface area contributed by atoms with Crippen LogP contribution in [0.4, 0.5) is 29.9 Å². The van der Waals surface area contributed by atoms with Gasteiger partial charge in [0.05, 0.1) is 16.4 Å². The van der Waals surface area contributed by atoms with Crippen LogP contribution in [0.2, 0.25) is 0 Å². The van der Waals surface area contributed by atoms with Crippen LogP contribution >= 0.6 is 11.3 Å². The molecule has 5 heterocycles. The smallest absolute Gasteiger partial charge is 0.348 e. The van der Waals surface area contributed by atoms with Crippen molar-refractivity contribution in [3.8, 4) is 11.1 Å². The second-order valence-corrected chi connectivity index (χ2v) is 10.1. The number of nitrogens with zero attached hydrogens (tertiary/aromatic N) is 6. The number of thiazole rings is 1. The molecule has 0 aliphatic carbocycles. The van der Waals surface area contributed by atoms with Crippen LogP contribution in [-0.4, -0.2) is 54.8 Å². The van der Waals surface area contributed by atoms with Gasteiger partial charge in [-0.3, -0.25) is 9.89 Å². The number of carbonyl (C=O) groups excluding carboxylic acids is 1. The SMILES string of the molecule is C=CC(=O)Nc1ccc2sc(N3CCCC(Nc4nc5ccc(-c6cn[nH]c6)c(C(F)(F)F)n5n4)C3)nc2c1. The lowest BCUT2D eigenvalue weighted by Gasteiger charge is -2.32. The van der Waals surface area contributed by atoms with Crippen LogP contribution < -0.4 is 15.5 Å². The number of aromatic amines is 1. The predicted molar refractivity (Wildman–Crippen MR) is 143 cm³/mol. The molecule has 5 aromatic rings. The van der Waals surface area contributed by atoms with E-state index in [0.29, 0.717) is 17.8 Å². The Morgan fingerprint density at radius 3 is 2.87 bits per heavy atom. The van der Waals surface area contributed by atoms with Crippen molar-refractivity contribution in [2.75, 3.05) is 28.6 Å². The number of carbonyl (C=O) groups is 1. The summed E-state index contributed by atoms with van der Waals surface area (Å²) < 4.78 is 44.1. The van der Waals surface area contributed by atoms with E-state index in [4.69, 9.17) is 4.98 Å². The van der Waals surface area contributed by atoms with Gasteiger partial charge in [0, 0.05) is 42.1 Å². The van der Waals surface area contributed by atoms with Crippen molar-refractivity contribution in [2.24, 2.45) is 0 Å². The number of H-pyrrole nitrogens is 1. The molecule has 1 atom stereocenters. The Morgan fingerprint density at radius 2 is 2.10 bits per heavy atom. The van der Waals surface area contributed by atoms with Crippen LogP contribution in [0, 0.1) is 0 Å². The molecule has 4 aromatic heterocycles. The van der Waals surface area contributed by atoms with Gasteiger partial charge in [-0.1, -0.05) is 17.9 Å². The van der Waals surface area contributed by atoms with Crippen molar-refractivity contribution in [3.63, 3.8) is 0 Å². The Hall–Kier alpha value is -4.46. The number of fused-ring (bicyclic) bond motifs is 2. The number of alkyl halides is 3. The first kappa shape index (κ1) is 24.9. The molecule has 1 unspecified atom stereocenters. The molecule has 1 aliphatic rings. The average molecular weight is 554 g/mol. The van der Waals surface area contributed by atoms with E-state index in [0.717, 1.165) is 39.2 Å². The molecule has 200 valence electrons. The van der Waals surface area contributed by atoms with Crippen molar-refractivity contribution in [1.82, 2.24) is 29.8 Å². The van der Waals surface area contributed by atoms with E-state index in [1.807, 2.05) is 18.2 Å². The summed E-state index contributed by atoms with van der Waals surface area (Å²) in [5.41, 5.74) is 0.854. The number of hydrogen-bond acceptors (Lipinski definition) is 8. The number of pyridine rings is 1. The lowest BCUT2D eigenvalue weighted by molar-refractivity contribution is -0.142. The number of aromatic nitrogens is 6. The fraction of sp³-hybridized carbons (Fsp3) is 0.240. The third-order valence-corrected chi connectivity index (χ3v) is 7.53. The largest absolute Gasteiger partial charge is 0.434 e. The molecular formula is C25H22F3N9OS. The van der Waals surface area contributed by atoms with Crippen LogP contribution in [0.5, 0.6) is 0 Å². The highest BCUT2D eigenvalue weighted by atomic mass is 32.1. The van der Waals surface area contributed by atoms with E-state index in [1.54, 1.807) is 11.3 Å². The summed E-state index contributed by atoms with van der Waals surface area (Å²) >= 11 is 1.54. The first-order valence-corrected chi connectivity index (χ1v) is 12.9. The van der Waals surface area contributed by atoms with Crippen LogP contribution in [0.15, 0.2) is 55.4 Å². The first-order chi connectivity index (χ1) is 18.8. The molecule has 0 saturated carbocycles. The van der Waals surface area contributed by atoms with Crippen molar-refractivity contribution in [1.29, 1.82) is 0 Å². The van der Waals surface area contributed by atoms with Gasteiger partial charge in [-0.05, 0) is 49.2 Å². The van der Waals surface area contributed by atoms with Crippen LogP contribution in [0.1, 0.15) is 18.5 Å². The maximum atomic E-state index is 14.1. The molecule has 1 fully saturated rings. The monoisotopic (exact) mass is 553 g/mol. The molecule has 0 spiro atoms. The van der Waals surface area contributed by atoms with Gasteiger partial charge in [0.15, 0.2) is 16.5 Å². The maximum Gasteiger partial charge on any atom is 0.434 e. The zero-order valence-electron chi connectivity index (χ0n) is 20.4. The highest BCUT2D eigenvalue weighted by Gasteiger charge is 2.38. The average Bonchev–Trinajstić information content (AvgIpc) is 3.66. The summed E-state index contributed by atoms with van der Waals surface area (Å²) in [5, 5.41) is 17.3. The van der Waals surface area contributed by atoms with Gasteiger partial charge in [0.1, 0.15) is 0 Å².